The number of aromatic nitrogens is 3. The number of carbonyl (C=O) groups is 2. The Bertz CT molecular complexity index is 1230. The fourth-order valence-electron chi connectivity index (χ4n) is 2.88. The monoisotopic (exact) mass is 412 g/mol. The average molecular weight is 412 g/mol. The zero-order chi connectivity index (χ0) is 20.5. The lowest BCUT2D eigenvalue weighted by Gasteiger charge is -2.11. The van der Waals surface area contributed by atoms with Gasteiger partial charge in [-0.15, -0.1) is 11.3 Å². The van der Waals surface area contributed by atoms with Crippen LogP contribution in [-0.2, 0) is 4.79 Å². The zero-order valence-electron chi connectivity index (χ0n) is 15.1. The summed E-state index contributed by atoms with van der Waals surface area (Å²) in [6.07, 6.45) is 2.94. The summed E-state index contributed by atoms with van der Waals surface area (Å²) in [5.41, 5.74) is 0.675. The van der Waals surface area contributed by atoms with Gasteiger partial charge in [-0.2, -0.15) is 5.10 Å². The van der Waals surface area contributed by atoms with Gasteiger partial charge in [-0.25, -0.2) is 18.3 Å². The SMILES string of the molecule is CCC(=O)Nc1cc(-c2ccnc3c(C(=O)c4cccs4)cnn23)c(F)cc1F. The van der Waals surface area contributed by atoms with Gasteiger partial charge in [0.1, 0.15) is 11.6 Å². The van der Waals surface area contributed by atoms with Gasteiger partial charge in [0.25, 0.3) is 0 Å². The Morgan fingerprint density at radius 1 is 1.21 bits per heavy atom. The number of anilines is 1. The van der Waals surface area contributed by atoms with Gasteiger partial charge in [0.2, 0.25) is 11.7 Å². The number of carbonyl (C=O) groups excluding carboxylic acids is 2. The van der Waals surface area contributed by atoms with E-state index in [0.29, 0.717) is 10.9 Å². The Morgan fingerprint density at radius 2 is 2.03 bits per heavy atom. The van der Waals surface area contributed by atoms with Crippen LogP contribution in [0.25, 0.3) is 16.9 Å². The molecule has 0 saturated carbocycles. The molecule has 4 rings (SSSR count). The van der Waals surface area contributed by atoms with Gasteiger partial charge >= 0.3 is 0 Å². The summed E-state index contributed by atoms with van der Waals surface area (Å²) in [4.78, 5) is 29.1. The molecule has 0 aliphatic rings. The summed E-state index contributed by atoms with van der Waals surface area (Å²) < 4.78 is 30.0. The van der Waals surface area contributed by atoms with Gasteiger partial charge in [-0.3, -0.25) is 9.59 Å². The molecule has 0 radical (unpaired) electrons. The molecule has 0 bridgehead atoms. The molecule has 146 valence electrons. The van der Waals surface area contributed by atoms with Crippen molar-refractivity contribution in [3.8, 4) is 11.3 Å². The molecule has 6 nitrogen and oxygen atoms in total. The van der Waals surface area contributed by atoms with Crippen molar-refractivity contribution >= 4 is 34.4 Å². The van der Waals surface area contributed by atoms with Crippen molar-refractivity contribution in [1.82, 2.24) is 14.6 Å². The van der Waals surface area contributed by atoms with Gasteiger partial charge in [-0.05, 0) is 23.6 Å². The van der Waals surface area contributed by atoms with Crippen LogP contribution >= 0.6 is 11.3 Å². The van der Waals surface area contributed by atoms with Crippen molar-refractivity contribution in [2.45, 2.75) is 13.3 Å². The second-order valence-electron chi connectivity index (χ2n) is 6.14. The molecule has 3 aromatic heterocycles. The Hall–Kier alpha value is -3.46. The first-order chi connectivity index (χ1) is 14.0. The third-order valence-electron chi connectivity index (χ3n) is 4.32. The number of fused-ring (bicyclic) bond motifs is 1. The number of hydrogen-bond acceptors (Lipinski definition) is 5. The first kappa shape index (κ1) is 18.9. The fraction of sp³-hybridized carbons (Fsp3) is 0.100. The molecule has 0 saturated heterocycles. The van der Waals surface area contributed by atoms with E-state index in [1.807, 2.05) is 0 Å². The smallest absolute Gasteiger partial charge is 0.224 e. The van der Waals surface area contributed by atoms with E-state index in [0.717, 1.165) is 0 Å². The predicted octanol–water partition coefficient (Wildman–Crippen LogP) is 4.32. The van der Waals surface area contributed by atoms with E-state index < -0.39 is 17.5 Å². The summed E-state index contributed by atoms with van der Waals surface area (Å²) in [5.74, 6) is -2.35. The minimum atomic E-state index is -0.882. The quantitative estimate of drug-likeness (QED) is 0.496. The largest absolute Gasteiger partial charge is 0.324 e. The summed E-state index contributed by atoms with van der Waals surface area (Å²) in [6.45, 7) is 1.62. The molecular weight excluding hydrogens is 398 g/mol. The molecule has 1 amide bonds. The number of halogens is 2. The average Bonchev–Trinajstić information content (AvgIpc) is 3.39. The molecule has 0 spiro atoms. The highest BCUT2D eigenvalue weighted by molar-refractivity contribution is 7.12. The van der Waals surface area contributed by atoms with Crippen LogP contribution in [0.4, 0.5) is 14.5 Å². The van der Waals surface area contributed by atoms with E-state index in [1.54, 1.807) is 24.4 Å². The summed E-state index contributed by atoms with van der Waals surface area (Å²) in [5, 5.41) is 8.38. The first-order valence-electron chi connectivity index (χ1n) is 8.69. The maximum absolute atomic E-state index is 14.6. The molecule has 3 heterocycles. The second kappa shape index (κ2) is 7.51. The molecule has 0 atom stereocenters. The summed E-state index contributed by atoms with van der Waals surface area (Å²) in [7, 11) is 0. The number of benzene rings is 1. The Morgan fingerprint density at radius 3 is 2.76 bits per heavy atom. The molecule has 0 fully saturated rings. The van der Waals surface area contributed by atoms with Crippen LogP contribution in [-0.4, -0.2) is 26.3 Å². The third kappa shape index (κ3) is 3.40. The van der Waals surface area contributed by atoms with Crippen molar-refractivity contribution < 1.29 is 18.4 Å². The van der Waals surface area contributed by atoms with Crippen LogP contribution < -0.4 is 5.32 Å². The first-order valence-corrected chi connectivity index (χ1v) is 9.57. The van der Waals surface area contributed by atoms with E-state index in [1.165, 1.54) is 40.4 Å². The lowest BCUT2D eigenvalue weighted by atomic mass is 10.1. The van der Waals surface area contributed by atoms with Crippen LogP contribution in [0.3, 0.4) is 0 Å². The van der Waals surface area contributed by atoms with Crippen molar-refractivity contribution in [3.05, 3.63) is 70.2 Å². The van der Waals surface area contributed by atoms with Crippen LogP contribution in [0.2, 0.25) is 0 Å². The number of nitrogens with one attached hydrogen (secondary N) is 1. The van der Waals surface area contributed by atoms with Crippen molar-refractivity contribution in [1.29, 1.82) is 0 Å². The van der Waals surface area contributed by atoms with Crippen LogP contribution in [0.1, 0.15) is 28.6 Å². The highest BCUT2D eigenvalue weighted by atomic mass is 32.1. The minimum absolute atomic E-state index is 0.0171. The molecule has 4 aromatic rings. The maximum atomic E-state index is 14.6. The van der Waals surface area contributed by atoms with E-state index in [9.17, 15) is 18.4 Å². The predicted molar refractivity (Wildman–Crippen MR) is 105 cm³/mol. The lowest BCUT2D eigenvalue weighted by molar-refractivity contribution is -0.115. The summed E-state index contributed by atoms with van der Waals surface area (Å²) >= 11 is 1.30. The number of hydrogen-bond donors (Lipinski definition) is 1. The molecule has 1 N–H and O–H groups in total. The fourth-order valence-corrected chi connectivity index (χ4v) is 3.55. The highest BCUT2D eigenvalue weighted by Gasteiger charge is 2.20. The standard InChI is InChI=1S/C20H14F2N4O2S/c1-2-18(27)25-15-8-11(13(21)9-14(15)22)16-5-6-23-20-12(10-24-26(16)20)19(28)17-4-3-7-29-17/h3-10H,2H2,1H3,(H,25,27). The molecule has 0 unspecified atom stereocenters. The molecule has 29 heavy (non-hydrogen) atoms. The van der Waals surface area contributed by atoms with Crippen LogP contribution in [0.5, 0.6) is 0 Å². The van der Waals surface area contributed by atoms with Gasteiger partial charge in [-0.1, -0.05) is 13.0 Å². The van der Waals surface area contributed by atoms with E-state index in [-0.39, 0.29) is 40.4 Å². The molecule has 0 aliphatic carbocycles. The number of ketones is 1. The van der Waals surface area contributed by atoms with E-state index in [4.69, 9.17) is 0 Å². The molecular formula is C20H14F2N4O2S. The molecule has 1 aromatic carbocycles. The van der Waals surface area contributed by atoms with Crippen molar-refractivity contribution in [2.24, 2.45) is 0 Å². The molecule has 9 heteroatoms. The van der Waals surface area contributed by atoms with E-state index in [2.05, 4.69) is 15.4 Å². The van der Waals surface area contributed by atoms with Gasteiger partial charge in [0, 0.05) is 24.2 Å². The third-order valence-corrected chi connectivity index (χ3v) is 5.19. The topological polar surface area (TPSA) is 76.4 Å². The van der Waals surface area contributed by atoms with Crippen molar-refractivity contribution in [2.75, 3.05) is 5.32 Å². The highest BCUT2D eigenvalue weighted by Crippen LogP contribution is 2.29. The van der Waals surface area contributed by atoms with Crippen molar-refractivity contribution in [3.63, 3.8) is 0 Å². The van der Waals surface area contributed by atoms with Crippen LogP contribution in [0.15, 0.2) is 48.1 Å². The zero-order valence-corrected chi connectivity index (χ0v) is 16.0. The molecule has 0 aliphatic heterocycles. The Labute approximate surface area is 167 Å². The second-order valence-corrected chi connectivity index (χ2v) is 7.09. The normalized spacial score (nSPS) is 11.0. The van der Waals surface area contributed by atoms with Crippen LogP contribution in [0, 0.1) is 11.6 Å². The lowest BCUT2D eigenvalue weighted by Crippen LogP contribution is -2.11. The van der Waals surface area contributed by atoms with E-state index >= 15 is 0 Å². The minimum Gasteiger partial charge on any atom is -0.324 e. The summed E-state index contributed by atoms with van der Waals surface area (Å²) in [6, 6.07) is 6.87. The maximum Gasteiger partial charge on any atom is 0.224 e. The number of nitrogens with zero attached hydrogens (tertiary/aromatic N) is 3. The van der Waals surface area contributed by atoms with Gasteiger partial charge in [0.15, 0.2) is 5.65 Å². The number of thiophene rings is 1. The van der Waals surface area contributed by atoms with Gasteiger partial charge in [0.05, 0.1) is 28.0 Å². The number of amides is 1. The Kier molecular flexibility index (Phi) is 4.89. The Balaban J connectivity index is 1.84. The van der Waals surface area contributed by atoms with Gasteiger partial charge < -0.3 is 5.32 Å². The number of rotatable bonds is 5.